The number of alkyl halides is 1. The summed E-state index contributed by atoms with van der Waals surface area (Å²) in [5.74, 6) is -0.860. The fourth-order valence-electron chi connectivity index (χ4n) is 2.27. The van der Waals surface area contributed by atoms with Gasteiger partial charge in [-0.3, -0.25) is 19.1 Å². The predicted molar refractivity (Wildman–Crippen MR) is 71.8 cm³/mol. The Hall–Kier alpha value is -1.33. The molecule has 0 spiro atoms. The third kappa shape index (κ3) is 2.19. The molecule has 21 heavy (non-hydrogen) atoms. The van der Waals surface area contributed by atoms with Gasteiger partial charge in [0.25, 0.3) is 5.56 Å². The number of carbonyl (C=O) groups excluding carboxylic acids is 1. The number of Topliss-reactive ketones (excluding diaryl/α,β-unsaturated/α-hetero) is 1. The molecule has 2 heterocycles. The Morgan fingerprint density at radius 2 is 2.14 bits per heavy atom. The Morgan fingerprint density at radius 1 is 1.52 bits per heavy atom. The largest absolute Gasteiger partial charge is 0.394 e. The summed E-state index contributed by atoms with van der Waals surface area (Å²) in [4.78, 5) is 36.5. The predicted octanol–water partition coefficient (Wildman–Crippen LogP) is -2.17. The van der Waals surface area contributed by atoms with E-state index in [0.717, 1.165) is 23.8 Å². The molecule has 1 aromatic rings. The van der Waals surface area contributed by atoms with Crippen LogP contribution in [0.2, 0.25) is 0 Å². The van der Waals surface area contributed by atoms with Gasteiger partial charge in [-0.2, -0.15) is 0 Å². The fourth-order valence-corrected chi connectivity index (χ4v) is 3.13. The van der Waals surface area contributed by atoms with E-state index >= 15 is 0 Å². The second-order valence-corrected chi connectivity index (χ2v) is 5.88. The van der Waals surface area contributed by atoms with E-state index in [0.29, 0.717) is 0 Å². The zero-order valence-electron chi connectivity index (χ0n) is 10.8. The first kappa shape index (κ1) is 16.0. The highest BCUT2D eigenvalue weighted by Crippen LogP contribution is 2.49. The fraction of sp³-hybridized carbons (Fsp3) is 0.545. The highest BCUT2D eigenvalue weighted by Gasteiger charge is 2.68. The molecule has 1 aliphatic heterocycles. The molecular weight excluding hydrogens is 352 g/mol. The number of H-pyrrole nitrogens is 1. The minimum atomic E-state index is -2.47. The second-order valence-electron chi connectivity index (χ2n) is 4.67. The number of aromatic amines is 1. The maximum Gasteiger partial charge on any atom is 0.330 e. The van der Waals surface area contributed by atoms with Crippen LogP contribution >= 0.6 is 15.9 Å². The molecule has 9 nitrogen and oxygen atoms in total. The van der Waals surface area contributed by atoms with Crippen molar-refractivity contribution in [3.8, 4) is 0 Å². The number of carbonyl (C=O) groups is 1. The summed E-state index contributed by atoms with van der Waals surface area (Å²) in [5.41, 5.74) is -4.04. The maximum atomic E-state index is 11.8. The molecule has 0 unspecified atom stereocenters. The molecule has 0 aromatic carbocycles. The quantitative estimate of drug-likeness (QED) is 0.447. The van der Waals surface area contributed by atoms with E-state index in [9.17, 15) is 29.7 Å². The van der Waals surface area contributed by atoms with Gasteiger partial charge in [0.2, 0.25) is 4.51 Å². The van der Waals surface area contributed by atoms with Crippen LogP contribution in [-0.2, 0) is 9.53 Å². The van der Waals surface area contributed by atoms with Crippen molar-refractivity contribution < 1.29 is 24.9 Å². The van der Waals surface area contributed by atoms with Crippen LogP contribution in [0.3, 0.4) is 0 Å². The normalized spacial score (nSPS) is 35.9. The van der Waals surface area contributed by atoms with Gasteiger partial charge >= 0.3 is 5.69 Å². The van der Waals surface area contributed by atoms with Gasteiger partial charge in [-0.1, -0.05) is 0 Å². The molecule has 10 heteroatoms. The molecule has 0 radical (unpaired) electrons. The van der Waals surface area contributed by atoms with E-state index in [4.69, 9.17) is 4.74 Å². The van der Waals surface area contributed by atoms with Crippen LogP contribution in [0.4, 0.5) is 0 Å². The van der Waals surface area contributed by atoms with Crippen molar-refractivity contribution in [3.63, 3.8) is 0 Å². The molecule has 1 saturated heterocycles. The molecule has 1 fully saturated rings. The van der Waals surface area contributed by atoms with E-state index < -0.39 is 46.1 Å². The summed E-state index contributed by atoms with van der Waals surface area (Å²) in [6, 6.07) is 1.01. The Labute approximate surface area is 125 Å². The first-order valence-electron chi connectivity index (χ1n) is 5.88. The van der Waals surface area contributed by atoms with Gasteiger partial charge in [0.1, 0.15) is 6.10 Å². The topological polar surface area (TPSA) is 142 Å². The number of aliphatic hydroxyl groups excluding tert-OH is 1. The summed E-state index contributed by atoms with van der Waals surface area (Å²) < 4.78 is 3.65. The van der Waals surface area contributed by atoms with Gasteiger partial charge in [-0.25, -0.2) is 4.79 Å². The molecule has 1 aromatic heterocycles. The number of aromatic nitrogens is 2. The van der Waals surface area contributed by atoms with Gasteiger partial charge in [0, 0.05) is 12.3 Å². The van der Waals surface area contributed by atoms with E-state index in [2.05, 4.69) is 15.9 Å². The van der Waals surface area contributed by atoms with Crippen molar-refractivity contribution in [2.75, 3.05) is 6.61 Å². The summed E-state index contributed by atoms with van der Waals surface area (Å²) in [5, 5.41) is 30.1. The van der Waals surface area contributed by atoms with Crippen molar-refractivity contribution in [2.24, 2.45) is 0 Å². The lowest BCUT2D eigenvalue weighted by Crippen LogP contribution is -2.60. The van der Waals surface area contributed by atoms with Gasteiger partial charge in [-0.05, 0) is 22.9 Å². The standard InChI is InChI=1S/C11H13BrN2O7/c1-5(16)10(19)6(4-15)21-8(11(10,12)20)14-3-2-7(17)13-9(14)18/h2-3,6,8,15,19-20H,4H2,1H3,(H,13,17,18)/t6-,8-,10-,11+/m1/s1. The van der Waals surface area contributed by atoms with Crippen LogP contribution in [0.1, 0.15) is 13.2 Å². The lowest BCUT2D eigenvalue weighted by atomic mass is 9.88. The third-order valence-electron chi connectivity index (χ3n) is 3.43. The number of nitrogens with one attached hydrogen (secondary N) is 1. The lowest BCUT2D eigenvalue weighted by Gasteiger charge is -2.34. The highest BCUT2D eigenvalue weighted by molar-refractivity contribution is 9.10. The van der Waals surface area contributed by atoms with Crippen LogP contribution in [0.5, 0.6) is 0 Å². The summed E-state index contributed by atoms with van der Waals surface area (Å²) >= 11 is 2.80. The number of ketones is 1. The highest BCUT2D eigenvalue weighted by atomic mass is 79.9. The van der Waals surface area contributed by atoms with Crippen LogP contribution in [-0.4, -0.2) is 53.5 Å². The molecule has 2 rings (SSSR count). The van der Waals surface area contributed by atoms with Crippen molar-refractivity contribution in [1.82, 2.24) is 9.55 Å². The first-order chi connectivity index (χ1) is 9.66. The van der Waals surface area contributed by atoms with Crippen molar-refractivity contribution in [2.45, 2.75) is 29.4 Å². The van der Waals surface area contributed by atoms with Gasteiger partial charge in [-0.15, -0.1) is 0 Å². The summed E-state index contributed by atoms with van der Waals surface area (Å²) in [7, 11) is 0. The zero-order valence-corrected chi connectivity index (χ0v) is 12.4. The van der Waals surface area contributed by atoms with Crippen molar-refractivity contribution in [3.05, 3.63) is 33.1 Å². The molecule has 0 aliphatic carbocycles. The van der Waals surface area contributed by atoms with Crippen LogP contribution in [0.15, 0.2) is 21.9 Å². The molecule has 116 valence electrons. The van der Waals surface area contributed by atoms with Gasteiger partial charge < -0.3 is 20.1 Å². The Morgan fingerprint density at radius 3 is 2.57 bits per heavy atom. The van der Waals surface area contributed by atoms with Crippen LogP contribution < -0.4 is 11.2 Å². The number of ether oxygens (including phenoxy) is 1. The SMILES string of the molecule is CC(=O)[C@@]1(O)[C@@H](CO)O[C@@H](n2ccc(=O)[nH]c2=O)[C@@]1(O)Br. The number of nitrogens with zero attached hydrogens (tertiary/aromatic N) is 1. The van der Waals surface area contributed by atoms with E-state index in [1.807, 2.05) is 4.98 Å². The number of hydrogen-bond acceptors (Lipinski definition) is 7. The number of halogens is 1. The van der Waals surface area contributed by atoms with Crippen molar-refractivity contribution in [1.29, 1.82) is 0 Å². The van der Waals surface area contributed by atoms with E-state index in [1.165, 1.54) is 0 Å². The molecule has 0 saturated carbocycles. The first-order valence-corrected chi connectivity index (χ1v) is 6.68. The Balaban J connectivity index is 2.59. The third-order valence-corrected chi connectivity index (χ3v) is 4.42. The number of aliphatic hydroxyl groups is 3. The minimum Gasteiger partial charge on any atom is -0.394 e. The molecule has 0 bridgehead atoms. The van der Waals surface area contributed by atoms with Crippen molar-refractivity contribution >= 4 is 21.7 Å². The summed E-state index contributed by atoms with van der Waals surface area (Å²) in [6.07, 6.45) is -1.95. The van der Waals surface area contributed by atoms with Crippen LogP contribution in [0.25, 0.3) is 0 Å². The monoisotopic (exact) mass is 364 g/mol. The Bertz CT molecular complexity index is 682. The molecule has 4 N–H and O–H groups in total. The Kier molecular flexibility index (Phi) is 3.93. The second kappa shape index (κ2) is 5.14. The van der Waals surface area contributed by atoms with Crippen LogP contribution in [0, 0.1) is 0 Å². The molecular formula is C11H13BrN2O7. The summed E-state index contributed by atoms with van der Waals surface area (Å²) in [6.45, 7) is 0.245. The molecule has 1 aliphatic rings. The number of hydrogen-bond donors (Lipinski definition) is 4. The number of rotatable bonds is 3. The van der Waals surface area contributed by atoms with E-state index in [-0.39, 0.29) is 0 Å². The zero-order chi connectivity index (χ0) is 16.0. The van der Waals surface area contributed by atoms with E-state index in [1.54, 1.807) is 0 Å². The molecule has 0 amide bonds. The minimum absolute atomic E-state index is 0.659. The van der Waals surface area contributed by atoms with Gasteiger partial charge in [0.15, 0.2) is 17.6 Å². The average molecular weight is 365 g/mol. The molecule has 4 atom stereocenters. The smallest absolute Gasteiger partial charge is 0.330 e. The average Bonchev–Trinajstić information content (AvgIpc) is 2.59. The van der Waals surface area contributed by atoms with Gasteiger partial charge in [0.05, 0.1) is 6.61 Å². The maximum absolute atomic E-state index is 11.8. The lowest BCUT2D eigenvalue weighted by molar-refractivity contribution is -0.154.